The summed E-state index contributed by atoms with van der Waals surface area (Å²) >= 11 is 1.77. The number of unbranched alkanes of at least 4 members (excludes halogenated alkanes) is 9. The van der Waals surface area contributed by atoms with Crippen LogP contribution in [0.3, 0.4) is 0 Å². The summed E-state index contributed by atoms with van der Waals surface area (Å²) in [6, 6.07) is -0.129. The average Bonchev–Trinajstić information content (AvgIpc) is 2.54. The predicted octanol–water partition coefficient (Wildman–Crippen LogP) is 4.79. The third-order valence-corrected chi connectivity index (χ3v) is 4.66. The first-order valence-corrected chi connectivity index (χ1v) is 10.5. The highest BCUT2D eigenvalue weighted by Gasteiger charge is 2.17. The molecule has 0 heterocycles. The summed E-state index contributed by atoms with van der Waals surface area (Å²) in [6.07, 6.45) is 16.3. The highest BCUT2D eigenvalue weighted by atomic mass is 32.2. The zero-order chi connectivity index (χ0) is 16.5. The molecule has 0 spiro atoms. The van der Waals surface area contributed by atoms with Crippen molar-refractivity contribution in [1.82, 2.24) is 5.32 Å². The van der Waals surface area contributed by atoms with Gasteiger partial charge in [-0.15, -0.1) is 0 Å². The molecule has 0 aromatic heterocycles. The van der Waals surface area contributed by atoms with E-state index in [1.165, 1.54) is 64.9 Å². The van der Waals surface area contributed by atoms with Crippen LogP contribution in [0.5, 0.6) is 0 Å². The molecule has 0 aliphatic rings. The van der Waals surface area contributed by atoms with Crippen molar-refractivity contribution in [1.29, 1.82) is 0 Å². The second-order valence-corrected chi connectivity index (χ2v) is 6.98. The van der Waals surface area contributed by atoms with Crippen LogP contribution in [0.15, 0.2) is 0 Å². The molecule has 22 heavy (non-hydrogen) atoms. The van der Waals surface area contributed by atoms with Gasteiger partial charge in [-0.2, -0.15) is 11.8 Å². The minimum absolute atomic E-state index is 0.124. The zero-order valence-electron chi connectivity index (χ0n) is 15.0. The van der Waals surface area contributed by atoms with Crippen LogP contribution in [0.2, 0.25) is 0 Å². The van der Waals surface area contributed by atoms with Gasteiger partial charge in [0.25, 0.3) is 0 Å². The van der Waals surface area contributed by atoms with Gasteiger partial charge in [0.15, 0.2) is 0 Å². The number of hydrogen-bond donors (Lipinski definition) is 1. The minimum atomic E-state index is -0.129. The van der Waals surface area contributed by atoms with Gasteiger partial charge in [0.1, 0.15) is 6.04 Å². The van der Waals surface area contributed by atoms with Gasteiger partial charge in [0, 0.05) is 0 Å². The van der Waals surface area contributed by atoms with Crippen molar-refractivity contribution in [3.05, 3.63) is 0 Å². The van der Waals surface area contributed by atoms with Gasteiger partial charge < -0.3 is 10.1 Å². The molecule has 1 atom stereocenters. The van der Waals surface area contributed by atoms with E-state index >= 15 is 0 Å². The smallest absolute Gasteiger partial charge is 0.322 e. The maximum Gasteiger partial charge on any atom is 0.322 e. The average molecular weight is 332 g/mol. The number of nitrogens with one attached hydrogen (secondary N) is 1. The van der Waals surface area contributed by atoms with Crippen LogP contribution in [0.4, 0.5) is 0 Å². The Labute approximate surface area is 142 Å². The standard InChI is InChI=1S/C18H37NO2S/c1-4-5-6-7-8-9-10-11-12-13-15-19-17(14-16-22-3)18(20)21-2/h17,19H,4-16H2,1-3H3. The van der Waals surface area contributed by atoms with Gasteiger partial charge in [-0.05, 0) is 31.4 Å². The number of thioether (sulfide) groups is 1. The van der Waals surface area contributed by atoms with Crippen LogP contribution in [-0.2, 0) is 9.53 Å². The fourth-order valence-electron chi connectivity index (χ4n) is 2.57. The van der Waals surface area contributed by atoms with Crippen molar-refractivity contribution in [3.8, 4) is 0 Å². The maximum absolute atomic E-state index is 11.6. The number of hydrogen-bond acceptors (Lipinski definition) is 4. The quantitative estimate of drug-likeness (QED) is 0.326. The van der Waals surface area contributed by atoms with Crippen LogP contribution in [0, 0.1) is 0 Å². The van der Waals surface area contributed by atoms with Gasteiger partial charge in [-0.3, -0.25) is 4.79 Å². The van der Waals surface area contributed by atoms with E-state index in [9.17, 15) is 4.79 Å². The Kier molecular flexibility index (Phi) is 17.0. The van der Waals surface area contributed by atoms with Gasteiger partial charge >= 0.3 is 5.97 Å². The summed E-state index contributed by atoms with van der Waals surface area (Å²) in [4.78, 5) is 11.6. The van der Waals surface area contributed by atoms with Crippen molar-refractivity contribution < 1.29 is 9.53 Å². The Morgan fingerprint density at radius 2 is 1.55 bits per heavy atom. The van der Waals surface area contributed by atoms with Crippen molar-refractivity contribution in [2.45, 2.75) is 83.6 Å². The fourth-order valence-corrected chi connectivity index (χ4v) is 3.04. The summed E-state index contributed by atoms with van der Waals surface area (Å²) in [5.41, 5.74) is 0. The van der Waals surface area contributed by atoms with Crippen molar-refractivity contribution in [2.75, 3.05) is 25.7 Å². The third kappa shape index (κ3) is 13.4. The molecule has 1 unspecified atom stereocenters. The molecule has 4 heteroatoms. The molecular weight excluding hydrogens is 294 g/mol. The summed E-state index contributed by atoms with van der Waals surface area (Å²) in [7, 11) is 1.47. The molecule has 0 aliphatic heterocycles. The van der Waals surface area contributed by atoms with Crippen molar-refractivity contribution in [2.24, 2.45) is 0 Å². The Morgan fingerprint density at radius 1 is 1.00 bits per heavy atom. The summed E-state index contributed by atoms with van der Waals surface area (Å²) in [5, 5.41) is 3.34. The van der Waals surface area contributed by atoms with Gasteiger partial charge in [0.05, 0.1) is 7.11 Å². The Hall–Kier alpha value is -0.220. The molecule has 0 aromatic carbocycles. The second-order valence-electron chi connectivity index (χ2n) is 5.99. The van der Waals surface area contributed by atoms with Crippen LogP contribution >= 0.6 is 11.8 Å². The molecule has 132 valence electrons. The van der Waals surface area contributed by atoms with E-state index in [2.05, 4.69) is 18.5 Å². The van der Waals surface area contributed by atoms with Gasteiger partial charge in [-0.25, -0.2) is 0 Å². The van der Waals surface area contributed by atoms with E-state index in [0.29, 0.717) is 0 Å². The van der Waals surface area contributed by atoms with E-state index in [4.69, 9.17) is 4.74 Å². The van der Waals surface area contributed by atoms with E-state index in [1.54, 1.807) is 11.8 Å². The normalized spacial score (nSPS) is 12.3. The van der Waals surface area contributed by atoms with Gasteiger partial charge in [0.2, 0.25) is 0 Å². The first-order valence-electron chi connectivity index (χ1n) is 9.06. The van der Waals surface area contributed by atoms with Crippen LogP contribution in [-0.4, -0.2) is 37.7 Å². The molecule has 0 saturated heterocycles. The Bertz CT molecular complexity index is 249. The number of ether oxygens (including phenoxy) is 1. The lowest BCUT2D eigenvalue weighted by atomic mass is 10.1. The van der Waals surface area contributed by atoms with E-state index < -0.39 is 0 Å². The fraction of sp³-hybridized carbons (Fsp3) is 0.944. The first kappa shape index (κ1) is 21.8. The van der Waals surface area contributed by atoms with Crippen LogP contribution in [0.25, 0.3) is 0 Å². The summed E-state index contributed by atoms with van der Waals surface area (Å²) in [6.45, 7) is 3.19. The zero-order valence-corrected chi connectivity index (χ0v) is 15.8. The van der Waals surface area contributed by atoms with Crippen molar-refractivity contribution in [3.63, 3.8) is 0 Å². The van der Waals surface area contributed by atoms with Gasteiger partial charge in [-0.1, -0.05) is 64.7 Å². The minimum Gasteiger partial charge on any atom is -0.468 e. The molecule has 0 radical (unpaired) electrons. The Balaban J connectivity index is 3.43. The summed E-state index contributed by atoms with van der Waals surface area (Å²) < 4.78 is 4.85. The second kappa shape index (κ2) is 17.1. The third-order valence-electron chi connectivity index (χ3n) is 4.02. The van der Waals surface area contributed by atoms with E-state index in [0.717, 1.165) is 25.1 Å². The highest BCUT2D eigenvalue weighted by molar-refractivity contribution is 7.98. The maximum atomic E-state index is 11.6. The first-order chi connectivity index (χ1) is 10.8. The number of carbonyl (C=O) groups is 1. The lowest BCUT2D eigenvalue weighted by molar-refractivity contribution is -0.143. The molecule has 0 fully saturated rings. The SMILES string of the molecule is CCCCCCCCCCCCNC(CCSC)C(=O)OC. The van der Waals surface area contributed by atoms with Crippen LogP contribution in [0.1, 0.15) is 77.6 Å². The largest absolute Gasteiger partial charge is 0.468 e. The molecule has 0 amide bonds. The van der Waals surface area contributed by atoms with E-state index in [1.807, 2.05) is 0 Å². The lowest BCUT2D eigenvalue weighted by Gasteiger charge is -2.15. The molecule has 1 N–H and O–H groups in total. The molecule has 3 nitrogen and oxygen atoms in total. The molecule has 0 aliphatic carbocycles. The summed E-state index contributed by atoms with van der Waals surface area (Å²) in [5.74, 6) is 0.867. The highest BCUT2D eigenvalue weighted by Crippen LogP contribution is 2.10. The topological polar surface area (TPSA) is 38.3 Å². The molecule has 0 bridgehead atoms. The lowest BCUT2D eigenvalue weighted by Crippen LogP contribution is -2.38. The number of esters is 1. The molecule has 0 saturated carbocycles. The monoisotopic (exact) mass is 331 g/mol. The van der Waals surface area contributed by atoms with Crippen LogP contribution < -0.4 is 5.32 Å². The number of methoxy groups -OCH3 is 1. The molecule has 0 aromatic rings. The Morgan fingerprint density at radius 3 is 2.05 bits per heavy atom. The molecule has 0 rings (SSSR count). The molecular formula is C18H37NO2S. The predicted molar refractivity (Wildman–Crippen MR) is 98.6 cm³/mol. The number of rotatable bonds is 16. The van der Waals surface area contributed by atoms with Crippen molar-refractivity contribution >= 4 is 17.7 Å². The number of carbonyl (C=O) groups excluding carboxylic acids is 1. The van der Waals surface area contributed by atoms with E-state index in [-0.39, 0.29) is 12.0 Å².